The minimum atomic E-state index is -0.580. The molecule has 0 unspecified atom stereocenters. The lowest BCUT2D eigenvalue weighted by atomic mass is 10.1. The lowest BCUT2D eigenvalue weighted by Crippen LogP contribution is -2.25. The molecule has 0 fully saturated rings. The summed E-state index contributed by atoms with van der Waals surface area (Å²) in [5.74, 6) is 2.07. The van der Waals surface area contributed by atoms with Crippen LogP contribution in [0.4, 0.5) is 0 Å². The molecule has 0 aromatic heterocycles. The van der Waals surface area contributed by atoms with E-state index in [2.05, 4.69) is 5.10 Å². The Morgan fingerprint density at radius 2 is 2.04 bits per heavy atom. The first kappa shape index (κ1) is 16.3. The van der Waals surface area contributed by atoms with Crippen molar-refractivity contribution in [1.29, 1.82) is 0 Å². The van der Waals surface area contributed by atoms with Gasteiger partial charge in [-0.15, -0.1) is 5.10 Å². The number of fused-ring (bicyclic) bond motifs is 1. The highest BCUT2D eigenvalue weighted by Crippen LogP contribution is 2.35. The molecule has 0 spiro atoms. The van der Waals surface area contributed by atoms with Crippen molar-refractivity contribution in [3.8, 4) is 17.2 Å². The molecule has 0 saturated heterocycles. The fourth-order valence-corrected chi connectivity index (χ4v) is 2.84. The van der Waals surface area contributed by atoms with Crippen LogP contribution < -0.4 is 14.2 Å². The Bertz CT molecular complexity index is 880. The molecule has 7 heteroatoms. The fraction of sp³-hybridized carbons (Fsp3) is 0.263. The van der Waals surface area contributed by atoms with Crippen molar-refractivity contribution in [3.05, 3.63) is 53.6 Å². The van der Waals surface area contributed by atoms with E-state index in [9.17, 15) is 4.79 Å². The summed E-state index contributed by atoms with van der Waals surface area (Å²) in [5.41, 5.74) is 1.92. The van der Waals surface area contributed by atoms with Gasteiger partial charge in [-0.3, -0.25) is 4.79 Å². The van der Waals surface area contributed by atoms with Crippen molar-refractivity contribution in [1.82, 2.24) is 5.01 Å². The van der Waals surface area contributed by atoms with E-state index >= 15 is 0 Å². The van der Waals surface area contributed by atoms with E-state index < -0.39 is 6.23 Å². The Morgan fingerprint density at radius 1 is 1.23 bits per heavy atom. The van der Waals surface area contributed by atoms with Crippen molar-refractivity contribution in [2.75, 3.05) is 13.4 Å². The predicted molar refractivity (Wildman–Crippen MR) is 93.0 cm³/mol. The van der Waals surface area contributed by atoms with Crippen LogP contribution in [0.3, 0.4) is 0 Å². The number of carbonyl (C=O) groups excluding carboxylic acids is 1. The molecule has 0 radical (unpaired) electrons. The Morgan fingerprint density at radius 3 is 2.85 bits per heavy atom. The van der Waals surface area contributed by atoms with Gasteiger partial charge in [0.15, 0.2) is 18.1 Å². The van der Waals surface area contributed by atoms with Crippen LogP contribution >= 0.6 is 0 Å². The van der Waals surface area contributed by atoms with Crippen LogP contribution in [0.25, 0.3) is 0 Å². The van der Waals surface area contributed by atoms with Gasteiger partial charge in [-0.25, -0.2) is 0 Å². The summed E-state index contributed by atoms with van der Waals surface area (Å²) in [7, 11) is 0. The summed E-state index contributed by atoms with van der Waals surface area (Å²) in [6.07, 6.45) is -0.580. The molecule has 1 amide bonds. The van der Waals surface area contributed by atoms with Crippen molar-refractivity contribution in [3.63, 3.8) is 0 Å². The third kappa shape index (κ3) is 3.03. The van der Waals surface area contributed by atoms with Crippen molar-refractivity contribution in [2.45, 2.75) is 20.1 Å². The normalized spacial score (nSPS) is 17.7. The second-order valence-corrected chi connectivity index (χ2v) is 5.99. The number of hydrazone groups is 1. The maximum atomic E-state index is 12.0. The first-order valence-electron chi connectivity index (χ1n) is 8.24. The summed E-state index contributed by atoms with van der Waals surface area (Å²) in [5, 5.41) is 5.61. The maximum Gasteiger partial charge on any atom is 0.247 e. The molecule has 2 aliphatic heterocycles. The molecule has 26 heavy (non-hydrogen) atoms. The molecule has 134 valence electrons. The van der Waals surface area contributed by atoms with E-state index in [0.717, 1.165) is 11.1 Å². The molecule has 7 nitrogen and oxygen atoms in total. The van der Waals surface area contributed by atoms with Gasteiger partial charge in [0, 0.05) is 18.6 Å². The Labute approximate surface area is 150 Å². The van der Waals surface area contributed by atoms with Gasteiger partial charge in [0.05, 0.1) is 0 Å². The molecule has 2 heterocycles. The molecule has 0 N–H and O–H groups in total. The van der Waals surface area contributed by atoms with E-state index in [-0.39, 0.29) is 19.3 Å². The number of amides is 1. The van der Waals surface area contributed by atoms with Gasteiger partial charge in [-0.2, -0.15) is 5.01 Å². The number of rotatable bonds is 4. The number of nitrogens with zero attached hydrogens (tertiary/aromatic N) is 2. The molecule has 0 saturated carbocycles. The van der Waals surface area contributed by atoms with E-state index in [0.29, 0.717) is 23.1 Å². The zero-order valence-electron chi connectivity index (χ0n) is 14.5. The summed E-state index contributed by atoms with van der Waals surface area (Å²) < 4.78 is 22.2. The van der Waals surface area contributed by atoms with E-state index in [1.165, 1.54) is 11.9 Å². The summed E-state index contributed by atoms with van der Waals surface area (Å²) >= 11 is 0. The first-order chi connectivity index (χ1) is 12.6. The van der Waals surface area contributed by atoms with Crippen molar-refractivity contribution in [2.24, 2.45) is 5.10 Å². The lowest BCUT2D eigenvalue weighted by Gasteiger charge is -2.20. The molecule has 2 aromatic carbocycles. The highest BCUT2D eigenvalue weighted by Gasteiger charge is 2.33. The fourth-order valence-electron chi connectivity index (χ4n) is 2.84. The maximum absolute atomic E-state index is 12.0. The van der Waals surface area contributed by atoms with Crippen LogP contribution in [0.5, 0.6) is 17.2 Å². The molecular formula is C19H18N2O5. The Kier molecular flexibility index (Phi) is 4.12. The van der Waals surface area contributed by atoms with Crippen LogP contribution in [-0.2, 0) is 9.53 Å². The van der Waals surface area contributed by atoms with E-state index in [1.54, 1.807) is 18.2 Å². The zero-order valence-corrected chi connectivity index (χ0v) is 14.5. The van der Waals surface area contributed by atoms with Crippen LogP contribution in [0.15, 0.2) is 47.6 Å². The average molecular weight is 354 g/mol. The Balaban J connectivity index is 1.48. The van der Waals surface area contributed by atoms with Gasteiger partial charge in [0.2, 0.25) is 24.8 Å². The number of carbonyl (C=O) groups is 1. The number of benzene rings is 2. The number of ether oxygens (including phenoxy) is 4. The zero-order chi connectivity index (χ0) is 18.1. The summed E-state index contributed by atoms with van der Waals surface area (Å²) in [4.78, 5) is 12.0. The van der Waals surface area contributed by atoms with Gasteiger partial charge < -0.3 is 18.9 Å². The van der Waals surface area contributed by atoms with Gasteiger partial charge in [-0.05, 0) is 24.6 Å². The molecule has 4 rings (SSSR count). The molecular weight excluding hydrogens is 336 g/mol. The number of hydrogen-bond acceptors (Lipinski definition) is 6. The van der Waals surface area contributed by atoms with Gasteiger partial charge in [0.1, 0.15) is 5.75 Å². The molecule has 0 bridgehead atoms. The highest BCUT2D eigenvalue weighted by atomic mass is 16.7. The third-order valence-electron chi connectivity index (χ3n) is 4.17. The minimum absolute atomic E-state index is 0.103. The molecule has 1 atom stereocenters. The quantitative estimate of drug-likeness (QED) is 0.844. The van der Waals surface area contributed by atoms with Crippen LogP contribution in [0, 0.1) is 6.92 Å². The standard InChI is InChI=1S/C19H18N2O5/c1-12-5-3-4-6-15(12)19-21(13(2)22)20-18(26-19)10-23-14-7-8-16-17(9-14)25-11-24-16/h3-9,19H,10-11H2,1-2H3/t19-/m1/s1. The molecule has 2 aliphatic rings. The second-order valence-electron chi connectivity index (χ2n) is 5.99. The van der Waals surface area contributed by atoms with Gasteiger partial charge >= 0.3 is 0 Å². The largest absolute Gasteiger partial charge is 0.484 e. The van der Waals surface area contributed by atoms with Gasteiger partial charge in [0.25, 0.3) is 0 Å². The SMILES string of the molecule is CC(=O)N1N=C(COc2ccc3c(c2)OCO3)O[C@@H]1c1ccccc1C. The summed E-state index contributed by atoms with van der Waals surface area (Å²) in [6.45, 7) is 3.74. The van der Waals surface area contributed by atoms with Gasteiger partial charge in [-0.1, -0.05) is 24.3 Å². The first-order valence-corrected chi connectivity index (χ1v) is 8.24. The third-order valence-corrected chi connectivity index (χ3v) is 4.17. The van der Waals surface area contributed by atoms with Crippen LogP contribution in [0.2, 0.25) is 0 Å². The van der Waals surface area contributed by atoms with E-state index in [4.69, 9.17) is 18.9 Å². The van der Waals surface area contributed by atoms with Crippen molar-refractivity contribution < 1.29 is 23.7 Å². The topological polar surface area (TPSA) is 69.6 Å². The second kappa shape index (κ2) is 6.59. The highest BCUT2D eigenvalue weighted by molar-refractivity contribution is 5.83. The van der Waals surface area contributed by atoms with Crippen LogP contribution in [0.1, 0.15) is 24.3 Å². The van der Waals surface area contributed by atoms with Crippen LogP contribution in [-0.4, -0.2) is 30.2 Å². The predicted octanol–water partition coefficient (Wildman–Crippen LogP) is 2.99. The minimum Gasteiger partial charge on any atom is -0.484 e. The molecule has 0 aliphatic carbocycles. The average Bonchev–Trinajstić information content (AvgIpc) is 3.26. The number of aryl methyl sites for hydroxylation is 1. The Hall–Kier alpha value is -3.22. The summed E-state index contributed by atoms with van der Waals surface area (Å²) in [6, 6.07) is 13.1. The molecule has 2 aromatic rings. The van der Waals surface area contributed by atoms with E-state index in [1.807, 2.05) is 31.2 Å². The smallest absolute Gasteiger partial charge is 0.247 e. The number of hydrogen-bond donors (Lipinski definition) is 0. The monoisotopic (exact) mass is 354 g/mol. The lowest BCUT2D eigenvalue weighted by molar-refractivity contribution is -0.135. The van der Waals surface area contributed by atoms with Crippen molar-refractivity contribution >= 4 is 11.8 Å².